The topological polar surface area (TPSA) is 189 Å². The average molecular weight is 674 g/mol. The van der Waals surface area contributed by atoms with Crippen molar-refractivity contribution in [1.29, 1.82) is 0 Å². The molecule has 1 amide bonds. The number of rotatable bonds is 28. The minimum atomic E-state index is -1.66. The molecule has 0 aromatic rings. The molecule has 1 aliphatic heterocycles. The Labute approximate surface area is 283 Å². The molecule has 9 unspecified atom stereocenters. The number of nitrogens with one attached hydrogen (secondary N) is 1. The van der Waals surface area contributed by atoms with Crippen molar-refractivity contribution in [1.82, 2.24) is 5.32 Å². The van der Waals surface area contributed by atoms with Crippen molar-refractivity contribution < 1.29 is 50.0 Å². The van der Waals surface area contributed by atoms with Gasteiger partial charge in [0.15, 0.2) is 6.29 Å². The Kier molecular flexibility index (Phi) is 25.4. The van der Waals surface area contributed by atoms with Gasteiger partial charge in [0, 0.05) is 0 Å². The fraction of sp³-hybridized carbons (Fsp3) is 0.861. The van der Waals surface area contributed by atoms with Gasteiger partial charge >= 0.3 is 0 Å². The number of hydrogen-bond acceptors (Lipinski definition) is 10. The molecule has 47 heavy (non-hydrogen) atoms. The Balaban J connectivity index is 2.47. The monoisotopic (exact) mass is 673 g/mol. The van der Waals surface area contributed by atoms with Gasteiger partial charge in [0.2, 0.25) is 5.91 Å². The zero-order valence-electron chi connectivity index (χ0n) is 29.0. The third-order valence-electron chi connectivity index (χ3n) is 8.76. The summed E-state index contributed by atoms with van der Waals surface area (Å²) < 4.78 is 10.9. The van der Waals surface area contributed by atoms with E-state index in [-0.39, 0.29) is 6.42 Å². The second-order valence-corrected chi connectivity index (χ2v) is 12.9. The van der Waals surface area contributed by atoms with Gasteiger partial charge in [-0.3, -0.25) is 4.79 Å². The molecule has 11 heteroatoms. The lowest BCUT2D eigenvalue weighted by Crippen LogP contribution is -2.60. The predicted octanol–water partition coefficient (Wildman–Crippen LogP) is 3.54. The van der Waals surface area contributed by atoms with E-state index < -0.39 is 74.2 Å². The van der Waals surface area contributed by atoms with Gasteiger partial charge < -0.3 is 50.5 Å². The zero-order chi connectivity index (χ0) is 34.9. The van der Waals surface area contributed by atoms with E-state index in [4.69, 9.17) is 9.47 Å². The lowest BCUT2D eigenvalue weighted by atomic mass is 9.98. The summed E-state index contributed by atoms with van der Waals surface area (Å²) in [5.74, 6) is -0.716. The Morgan fingerprint density at radius 1 is 0.745 bits per heavy atom. The van der Waals surface area contributed by atoms with E-state index >= 15 is 0 Å². The quantitative estimate of drug-likeness (QED) is 0.0451. The molecular formula is C36H67NO10. The summed E-state index contributed by atoms with van der Waals surface area (Å²) >= 11 is 0. The summed E-state index contributed by atoms with van der Waals surface area (Å²) in [5, 5.41) is 74.5. The molecule has 11 nitrogen and oxygen atoms in total. The van der Waals surface area contributed by atoms with Crippen LogP contribution < -0.4 is 5.32 Å². The Morgan fingerprint density at radius 2 is 1.30 bits per heavy atom. The van der Waals surface area contributed by atoms with Crippen molar-refractivity contribution in [2.24, 2.45) is 0 Å². The second kappa shape index (κ2) is 27.4. The number of ether oxygens (including phenoxy) is 2. The lowest BCUT2D eigenvalue weighted by molar-refractivity contribution is -0.303. The summed E-state index contributed by atoms with van der Waals surface area (Å²) in [6, 6.07) is -1.17. The van der Waals surface area contributed by atoms with E-state index in [2.05, 4.69) is 43.5 Å². The van der Waals surface area contributed by atoms with Crippen LogP contribution in [0, 0.1) is 0 Å². The van der Waals surface area contributed by atoms with Crippen LogP contribution in [0.3, 0.4) is 0 Å². The third kappa shape index (κ3) is 18.8. The average Bonchev–Trinajstić information content (AvgIpc) is 3.07. The summed E-state index contributed by atoms with van der Waals surface area (Å²) in [4.78, 5) is 12.9. The standard InChI is InChI=1S/C36H67NO10/c1-3-5-7-9-10-11-12-13-14-15-16-17-18-19-20-22-24-29(40)35(45)37-27(31(41)28(39)23-21-8-6-4-2)26-46-36-34(44)33(43)32(42)30(25-38)47-36/h10-11,13-14,27-34,36,38-44H,3-9,12,15-26H2,1-2H3,(H,37,45)/b11-10-,14-13-. The van der Waals surface area contributed by atoms with Gasteiger partial charge in [-0.15, -0.1) is 0 Å². The number of hydrogen-bond donors (Lipinski definition) is 8. The molecule has 0 saturated carbocycles. The molecule has 0 radical (unpaired) electrons. The zero-order valence-corrected chi connectivity index (χ0v) is 29.0. The van der Waals surface area contributed by atoms with Gasteiger partial charge in [0.1, 0.15) is 36.6 Å². The maximum Gasteiger partial charge on any atom is 0.249 e. The molecule has 1 heterocycles. The van der Waals surface area contributed by atoms with Crippen LogP contribution in [0.2, 0.25) is 0 Å². The van der Waals surface area contributed by atoms with Crippen LogP contribution in [0.15, 0.2) is 24.3 Å². The van der Waals surface area contributed by atoms with Crippen LogP contribution in [0.1, 0.15) is 129 Å². The van der Waals surface area contributed by atoms with Crippen molar-refractivity contribution in [2.45, 2.75) is 184 Å². The van der Waals surface area contributed by atoms with Crippen molar-refractivity contribution >= 4 is 5.91 Å². The van der Waals surface area contributed by atoms with E-state index in [1.165, 1.54) is 25.7 Å². The molecule has 0 spiro atoms. The van der Waals surface area contributed by atoms with Gasteiger partial charge in [0.05, 0.1) is 25.4 Å². The van der Waals surface area contributed by atoms with Crippen molar-refractivity contribution in [3.05, 3.63) is 24.3 Å². The molecule has 276 valence electrons. The van der Waals surface area contributed by atoms with E-state index in [0.717, 1.165) is 64.2 Å². The van der Waals surface area contributed by atoms with Crippen LogP contribution in [-0.4, -0.2) is 110 Å². The first-order valence-corrected chi connectivity index (χ1v) is 18.2. The summed E-state index contributed by atoms with van der Waals surface area (Å²) in [6.45, 7) is 3.21. The number of carbonyl (C=O) groups excluding carboxylic acids is 1. The molecule has 1 saturated heterocycles. The molecule has 1 fully saturated rings. The maximum absolute atomic E-state index is 12.9. The molecule has 1 rings (SSSR count). The van der Waals surface area contributed by atoms with Crippen LogP contribution in [0.25, 0.3) is 0 Å². The number of amides is 1. The van der Waals surface area contributed by atoms with E-state index in [9.17, 15) is 40.5 Å². The van der Waals surface area contributed by atoms with Gasteiger partial charge in [-0.05, 0) is 44.9 Å². The lowest BCUT2D eigenvalue weighted by Gasteiger charge is -2.40. The minimum Gasteiger partial charge on any atom is -0.394 e. The van der Waals surface area contributed by atoms with E-state index in [1.807, 2.05) is 0 Å². The molecule has 8 N–H and O–H groups in total. The number of aliphatic hydroxyl groups is 7. The normalized spacial score (nSPS) is 24.5. The molecular weight excluding hydrogens is 606 g/mol. The number of carbonyl (C=O) groups is 1. The molecule has 1 aliphatic rings. The number of aliphatic hydroxyl groups excluding tert-OH is 7. The Morgan fingerprint density at radius 3 is 1.94 bits per heavy atom. The highest BCUT2D eigenvalue weighted by Gasteiger charge is 2.44. The molecule has 0 aliphatic carbocycles. The summed E-state index contributed by atoms with van der Waals surface area (Å²) in [6.07, 6.45) is 14.6. The molecule has 0 aromatic heterocycles. The highest BCUT2D eigenvalue weighted by Crippen LogP contribution is 2.23. The highest BCUT2D eigenvalue weighted by molar-refractivity contribution is 5.80. The van der Waals surface area contributed by atoms with Crippen molar-refractivity contribution in [3.8, 4) is 0 Å². The largest absolute Gasteiger partial charge is 0.394 e. The van der Waals surface area contributed by atoms with Crippen LogP contribution in [0.4, 0.5) is 0 Å². The van der Waals surface area contributed by atoms with Gasteiger partial charge in [0.25, 0.3) is 0 Å². The van der Waals surface area contributed by atoms with Crippen LogP contribution >= 0.6 is 0 Å². The first-order valence-electron chi connectivity index (χ1n) is 18.2. The van der Waals surface area contributed by atoms with Gasteiger partial charge in [-0.1, -0.05) is 109 Å². The van der Waals surface area contributed by atoms with Crippen molar-refractivity contribution in [3.63, 3.8) is 0 Å². The minimum absolute atomic E-state index is 0.247. The van der Waals surface area contributed by atoms with Crippen LogP contribution in [0.5, 0.6) is 0 Å². The summed E-state index contributed by atoms with van der Waals surface area (Å²) in [7, 11) is 0. The van der Waals surface area contributed by atoms with Crippen LogP contribution in [-0.2, 0) is 14.3 Å². The number of allylic oxidation sites excluding steroid dienone is 4. The smallest absolute Gasteiger partial charge is 0.249 e. The summed E-state index contributed by atoms with van der Waals surface area (Å²) in [5.41, 5.74) is 0. The Hall–Kier alpha value is -1.41. The second-order valence-electron chi connectivity index (χ2n) is 12.9. The van der Waals surface area contributed by atoms with E-state index in [0.29, 0.717) is 19.3 Å². The Bertz CT molecular complexity index is 826. The molecule has 0 aromatic carbocycles. The maximum atomic E-state index is 12.9. The number of unbranched alkanes of at least 4 members (excludes halogenated alkanes) is 12. The molecule has 9 atom stereocenters. The first-order chi connectivity index (χ1) is 22.7. The fourth-order valence-electron chi connectivity index (χ4n) is 5.58. The van der Waals surface area contributed by atoms with Gasteiger partial charge in [-0.2, -0.15) is 0 Å². The fourth-order valence-corrected chi connectivity index (χ4v) is 5.58. The SMILES string of the molecule is CCCCC/C=C\C/C=C\CCCCCCCCC(O)C(=O)NC(COC1OC(CO)C(O)C(O)C1O)C(O)C(O)CCCCCC. The first kappa shape index (κ1) is 43.6. The highest BCUT2D eigenvalue weighted by atomic mass is 16.7. The molecule has 0 bridgehead atoms. The van der Waals surface area contributed by atoms with E-state index in [1.54, 1.807) is 0 Å². The predicted molar refractivity (Wildman–Crippen MR) is 182 cm³/mol. The van der Waals surface area contributed by atoms with Crippen molar-refractivity contribution in [2.75, 3.05) is 13.2 Å². The van der Waals surface area contributed by atoms with Gasteiger partial charge in [-0.25, -0.2) is 0 Å². The third-order valence-corrected chi connectivity index (χ3v) is 8.76.